The lowest BCUT2D eigenvalue weighted by Crippen LogP contribution is -2.40. The van der Waals surface area contributed by atoms with Crippen molar-refractivity contribution in [1.29, 1.82) is 0 Å². The number of hydrogen-bond donors (Lipinski definition) is 3. The minimum Gasteiger partial charge on any atom is -0.370 e. The van der Waals surface area contributed by atoms with Crippen LogP contribution in [0.25, 0.3) is 0 Å². The lowest BCUT2D eigenvalue weighted by molar-refractivity contribution is -0.140. The van der Waals surface area contributed by atoms with Gasteiger partial charge in [-0.2, -0.15) is 0 Å². The molecular weight excluding hydrogens is 392 g/mol. The molecule has 3 aliphatic rings. The van der Waals surface area contributed by atoms with E-state index in [0.29, 0.717) is 19.5 Å². The van der Waals surface area contributed by atoms with Gasteiger partial charge in [0.2, 0.25) is 11.8 Å². The zero-order chi connectivity index (χ0) is 21.6. The number of nitrogens with one attached hydrogen (secondary N) is 3. The number of aliphatic imine (C=N–C) groups is 1. The van der Waals surface area contributed by atoms with Gasteiger partial charge in [-0.3, -0.25) is 19.5 Å². The monoisotopic (exact) mass is 424 g/mol. The number of allylic oxidation sites excluding steroid dienone is 2. The molecule has 3 N–H and O–H groups in total. The Morgan fingerprint density at radius 1 is 1.03 bits per heavy atom. The van der Waals surface area contributed by atoms with Crippen molar-refractivity contribution in [3.8, 4) is 0 Å². The van der Waals surface area contributed by atoms with Crippen molar-refractivity contribution >= 4 is 23.6 Å². The molecule has 0 radical (unpaired) electrons. The molecule has 0 aromatic carbocycles. The first-order valence-electron chi connectivity index (χ1n) is 11.3. The second-order valence-electron chi connectivity index (χ2n) is 8.46. The van der Waals surface area contributed by atoms with E-state index in [0.717, 1.165) is 44.1 Å². The molecule has 2 amide bonds. The normalized spacial score (nSPS) is 26.5. The van der Waals surface area contributed by atoms with Gasteiger partial charge in [0.25, 0.3) is 0 Å². The Morgan fingerprint density at radius 3 is 2.35 bits per heavy atom. The molecule has 2 heterocycles. The number of anilines is 1. The number of imide groups is 1. The van der Waals surface area contributed by atoms with E-state index in [9.17, 15) is 9.59 Å². The maximum Gasteiger partial charge on any atom is 0.233 e. The first kappa shape index (κ1) is 21.3. The summed E-state index contributed by atoms with van der Waals surface area (Å²) in [7, 11) is 1.75. The van der Waals surface area contributed by atoms with Gasteiger partial charge in [-0.15, -0.1) is 0 Å². The molecule has 8 nitrogen and oxygen atoms in total. The molecule has 2 bridgehead atoms. The first-order chi connectivity index (χ1) is 15.2. The molecule has 166 valence electrons. The zero-order valence-corrected chi connectivity index (χ0v) is 18.1. The molecule has 4 rings (SSSR count). The van der Waals surface area contributed by atoms with Crippen LogP contribution in [0.3, 0.4) is 0 Å². The minimum atomic E-state index is -0.1000. The summed E-state index contributed by atoms with van der Waals surface area (Å²) in [6.07, 6.45) is 9.77. The number of rotatable bonds is 10. The van der Waals surface area contributed by atoms with Crippen molar-refractivity contribution < 1.29 is 9.59 Å². The van der Waals surface area contributed by atoms with Gasteiger partial charge in [-0.1, -0.05) is 18.2 Å². The summed E-state index contributed by atoms with van der Waals surface area (Å²) in [5, 5.41) is 9.88. The second-order valence-corrected chi connectivity index (χ2v) is 8.46. The van der Waals surface area contributed by atoms with Gasteiger partial charge < -0.3 is 16.0 Å². The Morgan fingerprint density at radius 2 is 1.71 bits per heavy atom. The van der Waals surface area contributed by atoms with Crippen molar-refractivity contribution in [1.82, 2.24) is 20.5 Å². The highest BCUT2D eigenvalue weighted by Gasteiger charge is 2.58. The van der Waals surface area contributed by atoms with Crippen LogP contribution in [0, 0.1) is 23.7 Å². The molecule has 0 spiro atoms. The molecule has 31 heavy (non-hydrogen) atoms. The van der Waals surface area contributed by atoms with Crippen LogP contribution in [0.5, 0.6) is 0 Å². The van der Waals surface area contributed by atoms with Gasteiger partial charge in [0.1, 0.15) is 5.82 Å². The predicted octanol–water partition coefficient (Wildman–Crippen LogP) is 1.64. The highest BCUT2D eigenvalue weighted by Crippen LogP contribution is 2.52. The number of carbonyl (C=O) groups is 2. The molecular formula is C23H32N6O2. The second kappa shape index (κ2) is 9.94. The standard InChI is InChI=1S/C23H32N6O2/c1-24-23(27-12-5-4-11-26-18-7-2-3-10-25-18)28-13-6-14-29-21(30)19-16-8-9-17(15-16)20(19)22(29)31/h2-3,7-10,16-17,19-20H,4-6,11-15H2,1H3,(H,25,26)(H2,24,27,28). The third kappa shape index (κ3) is 4.73. The third-order valence-electron chi connectivity index (χ3n) is 6.50. The molecule has 1 aliphatic heterocycles. The lowest BCUT2D eigenvalue weighted by Gasteiger charge is -2.18. The van der Waals surface area contributed by atoms with E-state index < -0.39 is 0 Å². The zero-order valence-electron chi connectivity index (χ0n) is 18.1. The summed E-state index contributed by atoms with van der Waals surface area (Å²) < 4.78 is 0. The van der Waals surface area contributed by atoms with Gasteiger partial charge in [0.05, 0.1) is 11.8 Å². The highest BCUT2D eigenvalue weighted by molar-refractivity contribution is 6.06. The van der Waals surface area contributed by atoms with Gasteiger partial charge in [-0.25, -0.2) is 4.98 Å². The Labute approximate surface area is 183 Å². The summed E-state index contributed by atoms with van der Waals surface area (Å²) >= 11 is 0. The Kier molecular flexibility index (Phi) is 6.84. The van der Waals surface area contributed by atoms with Crippen LogP contribution in [-0.2, 0) is 9.59 Å². The Hall–Kier alpha value is -2.90. The van der Waals surface area contributed by atoms with Crippen LogP contribution in [0.15, 0.2) is 41.5 Å². The number of pyridine rings is 1. The number of likely N-dealkylation sites (tertiary alicyclic amines) is 1. The average molecular weight is 425 g/mol. The Balaban J connectivity index is 1.08. The molecule has 1 saturated carbocycles. The van der Waals surface area contributed by atoms with E-state index >= 15 is 0 Å². The van der Waals surface area contributed by atoms with Crippen molar-refractivity contribution in [2.45, 2.75) is 25.7 Å². The van der Waals surface area contributed by atoms with E-state index in [4.69, 9.17) is 0 Å². The number of hydrogen-bond acceptors (Lipinski definition) is 5. The molecule has 1 aromatic heterocycles. The van der Waals surface area contributed by atoms with E-state index in [2.05, 4.69) is 38.1 Å². The topological polar surface area (TPSA) is 98.7 Å². The molecule has 2 aliphatic carbocycles. The van der Waals surface area contributed by atoms with Crippen LogP contribution in [0.2, 0.25) is 0 Å². The maximum atomic E-state index is 12.7. The number of fused-ring (bicyclic) bond motifs is 5. The van der Waals surface area contributed by atoms with E-state index in [1.807, 2.05) is 18.2 Å². The predicted molar refractivity (Wildman–Crippen MR) is 120 cm³/mol. The molecule has 4 atom stereocenters. The summed E-state index contributed by atoms with van der Waals surface area (Å²) in [5.74, 6) is 2.07. The fourth-order valence-corrected chi connectivity index (χ4v) is 4.99. The highest BCUT2D eigenvalue weighted by atomic mass is 16.2. The fourth-order valence-electron chi connectivity index (χ4n) is 4.99. The minimum absolute atomic E-state index is 0.0358. The van der Waals surface area contributed by atoms with Gasteiger partial charge in [0, 0.05) is 39.4 Å². The van der Waals surface area contributed by atoms with Crippen LogP contribution in [0.4, 0.5) is 5.82 Å². The van der Waals surface area contributed by atoms with Crippen LogP contribution < -0.4 is 16.0 Å². The SMILES string of the molecule is CN=C(NCCCCNc1ccccn1)NCCCN1C(=O)C2C3C=CC(C3)C2C1=O. The van der Waals surface area contributed by atoms with Crippen molar-refractivity contribution in [3.05, 3.63) is 36.5 Å². The third-order valence-corrected chi connectivity index (χ3v) is 6.50. The quantitative estimate of drug-likeness (QED) is 0.174. The smallest absolute Gasteiger partial charge is 0.233 e. The van der Waals surface area contributed by atoms with Crippen LogP contribution in [0.1, 0.15) is 25.7 Å². The summed E-state index contributed by atoms with van der Waals surface area (Å²) in [4.78, 5) is 35.4. The van der Waals surface area contributed by atoms with E-state index in [-0.39, 0.29) is 35.5 Å². The molecule has 1 aromatic rings. The summed E-state index contributed by atoms with van der Waals surface area (Å²) in [6.45, 7) is 2.85. The van der Waals surface area contributed by atoms with Crippen molar-refractivity contribution in [2.24, 2.45) is 28.7 Å². The van der Waals surface area contributed by atoms with Crippen molar-refractivity contribution in [3.63, 3.8) is 0 Å². The molecule has 1 saturated heterocycles. The van der Waals surface area contributed by atoms with E-state index in [1.165, 1.54) is 4.90 Å². The number of nitrogens with zero attached hydrogens (tertiary/aromatic N) is 3. The fraction of sp³-hybridized carbons (Fsp3) is 0.565. The average Bonchev–Trinajstić information content (AvgIpc) is 3.47. The van der Waals surface area contributed by atoms with Crippen LogP contribution >= 0.6 is 0 Å². The summed E-state index contributed by atoms with van der Waals surface area (Å²) in [5.41, 5.74) is 0. The molecule has 8 heteroatoms. The van der Waals surface area contributed by atoms with Crippen molar-refractivity contribution in [2.75, 3.05) is 38.5 Å². The van der Waals surface area contributed by atoms with Crippen LogP contribution in [-0.4, -0.2) is 60.9 Å². The summed E-state index contributed by atoms with van der Waals surface area (Å²) in [6, 6.07) is 5.83. The maximum absolute atomic E-state index is 12.7. The number of aromatic nitrogens is 1. The van der Waals surface area contributed by atoms with Gasteiger partial charge in [0.15, 0.2) is 5.96 Å². The number of unbranched alkanes of at least 4 members (excludes halogenated alkanes) is 1. The largest absolute Gasteiger partial charge is 0.370 e. The Bertz CT molecular complexity index is 810. The van der Waals surface area contributed by atoms with E-state index in [1.54, 1.807) is 13.2 Å². The number of carbonyl (C=O) groups excluding carboxylic acids is 2. The molecule has 4 unspecified atom stereocenters. The molecule has 2 fully saturated rings. The van der Waals surface area contributed by atoms with Gasteiger partial charge >= 0.3 is 0 Å². The first-order valence-corrected chi connectivity index (χ1v) is 11.3. The number of amides is 2. The van der Waals surface area contributed by atoms with Gasteiger partial charge in [-0.05, 0) is 49.7 Å². The lowest BCUT2D eigenvalue weighted by atomic mass is 9.85. The number of guanidine groups is 1.